The third kappa shape index (κ3) is 2.70. The van der Waals surface area contributed by atoms with Crippen molar-refractivity contribution in [2.24, 2.45) is 5.92 Å². The fourth-order valence-corrected chi connectivity index (χ4v) is 2.27. The summed E-state index contributed by atoms with van der Waals surface area (Å²) in [6, 6.07) is 3.35. The van der Waals surface area contributed by atoms with Crippen LogP contribution in [0.1, 0.15) is 10.4 Å². The van der Waals surface area contributed by atoms with Gasteiger partial charge in [0.1, 0.15) is 0 Å². The summed E-state index contributed by atoms with van der Waals surface area (Å²) in [5.41, 5.74) is 0.902. The minimum Gasteiger partial charge on any atom is -0.493 e. The SMILES string of the molecule is C=C(C(=O)c1ccc(OC)c(OC)c1OC)C1C=CC=C1. The summed E-state index contributed by atoms with van der Waals surface area (Å²) in [6.07, 6.45) is 7.64. The maximum Gasteiger partial charge on any atom is 0.204 e. The molecule has 0 amide bonds. The zero-order valence-electron chi connectivity index (χ0n) is 12.4. The zero-order chi connectivity index (χ0) is 15.4. The summed E-state index contributed by atoms with van der Waals surface area (Å²) in [6.45, 7) is 3.91. The van der Waals surface area contributed by atoms with E-state index in [9.17, 15) is 4.79 Å². The van der Waals surface area contributed by atoms with Crippen molar-refractivity contribution in [3.63, 3.8) is 0 Å². The first kappa shape index (κ1) is 14.9. The number of hydrogen-bond donors (Lipinski definition) is 0. The highest BCUT2D eigenvalue weighted by molar-refractivity contribution is 6.11. The van der Waals surface area contributed by atoms with E-state index in [1.807, 2.05) is 24.3 Å². The molecule has 1 aromatic rings. The van der Waals surface area contributed by atoms with Gasteiger partial charge in [0.15, 0.2) is 17.3 Å². The molecule has 0 unspecified atom stereocenters. The summed E-state index contributed by atoms with van der Waals surface area (Å²) in [5, 5.41) is 0. The van der Waals surface area contributed by atoms with Crippen LogP contribution in [0.5, 0.6) is 17.2 Å². The molecule has 1 aliphatic carbocycles. The average molecular weight is 286 g/mol. The lowest BCUT2D eigenvalue weighted by Gasteiger charge is -2.16. The first-order valence-electron chi connectivity index (χ1n) is 6.51. The summed E-state index contributed by atoms with van der Waals surface area (Å²) in [7, 11) is 4.53. The van der Waals surface area contributed by atoms with E-state index in [0.717, 1.165) is 0 Å². The summed E-state index contributed by atoms with van der Waals surface area (Å²) >= 11 is 0. The molecule has 110 valence electrons. The third-order valence-corrected chi connectivity index (χ3v) is 3.39. The standard InChI is InChI=1S/C17H18O4/c1-11(12-7-5-6-8-12)15(18)13-9-10-14(19-2)17(21-4)16(13)20-3/h5-10,12H,1H2,2-4H3. The predicted octanol–water partition coefficient (Wildman–Crippen LogP) is 3.19. The van der Waals surface area contributed by atoms with E-state index in [4.69, 9.17) is 14.2 Å². The number of hydrogen-bond acceptors (Lipinski definition) is 4. The number of carbonyl (C=O) groups excluding carboxylic acids is 1. The van der Waals surface area contributed by atoms with Crippen molar-refractivity contribution in [1.82, 2.24) is 0 Å². The van der Waals surface area contributed by atoms with Crippen LogP contribution < -0.4 is 14.2 Å². The van der Waals surface area contributed by atoms with Gasteiger partial charge >= 0.3 is 0 Å². The number of rotatable bonds is 6. The first-order chi connectivity index (χ1) is 10.1. The summed E-state index contributed by atoms with van der Waals surface area (Å²) < 4.78 is 15.8. The predicted molar refractivity (Wildman–Crippen MR) is 81.3 cm³/mol. The van der Waals surface area contributed by atoms with Crippen LogP contribution in [-0.4, -0.2) is 27.1 Å². The van der Waals surface area contributed by atoms with E-state index < -0.39 is 0 Å². The lowest BCUT2D eigenvalue weighted by atomic mass is 9.93. The van der Waals surface area contributed by atoms with Gasteiger partial charge in [0.2, 0.25) is 5.75 Å². The largest absolute Gasteiger partial charge is 0.493 e. The van der Waals surface area contributed by atoms with Gasteiger partial charge in [-0.05, 0) is 12.1 Å². The van der Waals surface area contributed by atoms with Crippen LogP contribution in [0.4, 0.5) is 0 Å². The van der Waals surface area contributed by atoms with Crippen LogP contribution in [0.3, 0.4) is 0 Å². The normalized spacial score (nSPS) is 13.3. The molecule has 0 fully saturated rings. The van der Waals surface area contributed by atoms with Gasteiger partial charge in [-0.1, -0.05) is 30.9 Å². The maximum atomic E-state index is 12.6. The number of allylic oxidation sites excluding steroid dienone is 5. The molecular formula is C17H18O4. The van der Waals surface area contributed by atoms with Crippen LogP contribution in [0.25, 0.3) is 0 Å². The topological polar surface area (TPSA) is 44.8 Å². The van der Waals surface area contributed by atoms with Crippen LogP contribution in [0.15, 0.2) is 48.6 Å². The summed E-state index contributed by atoms with van der Waals surface area (Å²) in [4.78, 5) is 12.6. The smallest absolute Gasteiger partial charge is 0.204 e. The highest BCUT2D eigenvalue weighted by Gasteiger charge is 2.24. The molecule has 0 atom stereocenters. The first-order valence-corrected chi connectivity index (χ1v) is 6.51. The molecule has 0 aromatic heterocycles. The Morgan fingerprint density at radius 3 is 2.14 bits per heavy atom. The minimum absolute atomic E-state index is 0.0738. The molecule has 0 N–H and O–H groups in total. The molecule has 4 heteroatoms. The average Bonchev–Trinajstić information content (AvgIpc) is 3.06. The van der Waals surface area contributed by atoms with Crippen molar-refractivity contribution in [1.29, 1.82) is 0 Å². The Morgan fingerprint density at radius 2 is 1.62 bits per heavy atom. The lowest BCUT2D eigenvalue weighted by Crippen LogP contribution is -2.11. The van der Waals surface area contributed by atoms with E-state index in [1.165, 1.54) is 21.3 Å². The van der Waals surface area contributed by atoms with Gasteiger partial charge in [-0.2, -0.15) is 0 Å². The summed E-state index contributed by atoms with van der Waals surface area (Å²) in [5.74, 6) is 1.02. The Bertz CT molecular complexity index is 614. The molecular weight excluding hydrogens is 268 g/mol. The van der Waals surface area contributed by atoms with Crippen molar-refractivity contribution >= 4 is 5.78 Å². The number of ketones is 1. The molecule has 1 aromatic carbocycles. The monoisotopic (exact) mass is 286 g/mol. The van der Waals surface area contributed by atoms with Gasteiger partial charge in [-0.3, -0.25) is 4.79 Å². The van der Waals surface area contributed by atoms with E-state index >= 15 is 0 Å². The molecule has 0 saturated carbocycles. The van der Waals surface area contributed by atoms with Crippen molar-refractivity contribution in [3.8, 4) is 17.2 Å². The number of ether oxygens (including phenoxy) is 3. The molecule has 0 spiro atoms. The highest BCUT2D eigenvalue weighted by Crippen LogP contribution is 2.41. The third-order valence-electron chi connectivity index (χ3n) is 3.39. The second kappa shape index (κ2) is 6.31. The van der Waals surface area contributed by atoms with E-state index in [0.29, 0.717) is 28.4 Å². The van der Waals surface area contributed by atoms with Crippen molar-refractivity contribution < 1.29 is 19.0 Å². The van der Waals surface area contributed by atoms with Gasteiger partial charge in [0.05, 0.1) is 26.9 Å². The van der Waals surface area contributed by atoms with Crippen LogP contribution in [0, 0.1) is 5.92 Å². The van der Waals surface area contributed by atoms with E-state index in [2.05, 4.69) is 6.58 Å². The quantitative estimate of drug-likeness (QED) is 0.595. The van der Waals surface area contributed by atoms with Crippen LogP contribution in [0.2, 0.25) is 0 Å². The zero-order valence-corrected chi connectivity index (χ0v) is 12.4. The van der Waals surface area contributed by atoms with Gasteiger partial charge in [0, 0.05) is 11.5 Å². The van der Waals surface area contributed by atoms with Gasteiger partial charge in [-0.15, -0.1) is 0 Å². The van der Waals surface area contributed by atoms with E-state index in [1.54, 1.807) is 12.1 Å². The molecule has 0 heterocycles. The highest BCUT2D eigenvalue weighted by atomic mass is 16.5. The lowest BCUT2D eigenvalue weighted by molar-refractivity contribution is 0.102. The van der Waals surface area contributed by atoms with Gasteiger partial charge < -0.3 is 14.2 Å². The Hall–Kier alpha value is -2.49. The van der Waals surface area contributed by atoms with Crippen LogP contribution in [-0.2, 0) is 0 Å². The Morgan fingerprint density at radius 1 is 1.00 bits per heavy atom. The number of methoxy groups -OCH3 is 3. The molecule has 0 radical (unpaired) electrons. The fraction of sp³-hybridized carbons (Fsp3) is 0.235. The molecule has 21 heavy (non-hydrogen) atoms. The van der Waals surface area contributed by atoms with Gasteiger partial charge in [0.25, 0.3) is 0 Å². The number of carbonyl (C=O) groups is 1. The molecule has 0 bridgehead atoms. The second-order valence-electron chi connectivity index (χ2n) is 4.53. The molecule has 1 aliphatic rings. The van der Waals surface area contributed by atoms with Crippen molar-refractivity contribution in [2.75, 3.05) is 21.3 Å². The van der Waals surface area contributed by atoms with Crippen molar-refractivity contribution in [2.45, 2.75) is 0 Å². The molecule has 2 rings (SSSR count). The van der Waals surface area contributed by atoms with E-state index in [-0.39, 0.29) is 11.7 Å². The van der Waals surface area contributed by atoms with Crippen molar-refractivity contribution in [3.05, 3.63) is 54.2 Å². The molecule has 4 nitrogen and oxygen atoms in total. The van der Waals surface area contributed by atoms with Crippen LogP contribution >= 0.6 is 0 Å². The Kier molecular flexibility index (Phi) is 4.48. The fourth-order valence-electron chi connectivity index (χ4n) is 2.27. The van der Waals surface area contributed by atoms with Gasteiger partial charge in [-0.25, -0.2) is 0 Å². The number of Topliss-reactive ketones (excluding diaryl/α,β-unsaturated/α-hetero) is 1. The molecule has 0 saturated heterocycles. The Balaban J connectivity index is 2.43. The Labute approximate surface area is 124 Å². The maximum absolute atomic E-state index is 12.6. The minimum atomic E-state index is -0.172. The number of benzene rings is 1. The second-order valence-corrected chi connectivity index (χ2v) is 4.53. The molecule has 0 aliphatic heterocycles.